The summed E-state index contributed by atoms with van der Waals surface area (Å²) in [6, 6.07) is 6.28. The molecule has 1 N–H and O–H groups in total. The average Bonchev–Trinajstić information content (AvgIpc) is 2.63. The standard InChI is InChI=1S/C10H8F3N.C2H6/c1-6-2-3-7-5-9(10(11,12)13)14-8(7)4-6;1-2/h2-5,14H,1H3;1-2H3. The van der Waals surface area contributed by atoms with E-state index in [2.05, 4.69) is 4.98 Å². The molecule has 0 bridgehead atoms. The maximum atomic E-state index is 12.3. The molecule has 0 saturated carbocycles. The lowest BCUT2D eigenvalue weighted by Gasteiger charge is -2.00. The van der Waals surface area contributed by atoms with Crippen LogP contribution in [0.1, 0.15) is 25.1 Å². The largest absolute Gasteiger partial charge is 0.431 e. The number of aryl methyl sites for hydroxylation is 1. The van der Waals surface area contributed by atoms with Gasteiger partial charge in [-0.1, -0.05) is 26.0 Å². The molecule has 1 aromatic heterocycles. The molecule has 16 heavy (non-hydrogen) atoms. The SMILES string of the molecule is CC.Cc1ccc2cc(C(F)(F)F)[nH]c2c1. The van der Waals surface area contributed by atoms with Gasteiger partial charge in [-0.05, 0) is 24.6 Å². The molecule has 0 aliphatic heterocycles. The third-order valence-corrected chi connectivity index (χ3v) is 2.08. The van der Waals surface area contributed by atoms with Gasteiger partial charge in [0.2, 0.25) is 0 Å². The number of alkyl halides is 3. The van der Waals surface area contributed by atoms with Gasteiger partial charge in [-0.3, -0.25) is 0 Å². The fraction of sp³-hybridized carbons (Fsp3) is 0.333. The van der Waals surface area contributed by atoms with Crippen LogP contribution < -0.4 is 0 Å². The monoisotopic (exact) mass is 229 g/mol. The van der Waals surface area contributed by atoms with Crippen LogP contribution in [-0.4, -0.2) is 4.98 Å². The van der Waals surface area contributed by atoms with Gasteiger partial charge in [0.1, 0.15) is 5.69 Å². The van der Waals surface area contributed by atoms with Crippen LogP contribution in [0.15, 0.2) is 24.3 Å². The molecular formula is C12H14F3N. The second kappa shape index (κ2) is 4.60. The van der Waals surface area contributed by atoms with Gasteiger partial charge in [-0.2, -0.15) is 13.2 Å². The first-order valence-electron chi connectivity index (χ1n) is 5.13. The van der Waals surface area contributed by atoms with E-state index in [9.17, 15) is 13.2 Å². The number of aromatic amines is 1. The van der Waals surface area contributed by atoms with Crippen molar-refractivity contribution in [2.24, 2.45) is 0 Å². The van der Waals surface area contributed by atoms with Gasteiger partial charge in [0, 0.05) is 10.9 Å². The molecule has 2 aromatic rings. The number of hydrogen-bond donors (Lipinski definition) is 1. The Hall–Kier alpha value is -1.45. The number of hydrogen-bond acceptors (Lipinski definition) is 0. The summed E-state index contributed by atoms with van der Waals surface area (Å²) in [7, 11) is 0. The van der Waals surface area contributed by atoms with Gasteiger partial charge in [0.15, 0.2) is 0 Å². The Kier molecular flexibility index (Phi) is 3.62. The van der Waals surface area contributed by atoms with Crippen molar-refractivity contribution in [3.63, 3.8) is 0 Å². The number of fused-ring (bicyclic) bond motifs is 1. The van der Waals surface area contributed by atoms with Crippen LogP contribution in [0.5, 0.6) is 0 Å². The van der Waals surface area contributed by atoms with E-state index in [0.29, 0.717) is 10.9 Å². The smallest absolute Gasteiger partial charge is 0.351 e. The average molecular weight is 229 g/mol. The first-order chi connectivity index (χ1) is 7.47. The molecule has 1 nitrogen and oxygen atoms in total. The number of aromatic nitrogens is 1. The number of H-pyrrole nitrogens is 1. The topological polar surface area (TPSA) is 15.8 Å². The summed E-state index contributed by atoms with van der Waals surface area (Å²) >= 11 is 0. The van der Waals surface area contributed by atoms with Gasteiger partial charge in [0.05, 0.1) is 0 Å². The van der Waals surface area contributed by atoms with Crippen molar-refractivity contribution in [2.75, 3.05) is 0 Å². The van der Waals surface area contributed by atoms with Crippen molar-refractivity contribution < 1.29 is 13.2 Å². The van der Waals surface area contributed by atoms with Crippen molar-refractivity contribution in [1.82, 2.24) is 4.98 Å². The van der Waals surface area contributed by atoms with Crippen LogP contribution >= 0.6 is 0 Å². The van der Waals surface area contributed by atoms with E-state index in [0.717, 1.165) is 11.6 Å². The second-order valence-electron chi connectivity index (χ2n) is 3.27. The van der Waals surface area contributed by atoms with Crippen molar-refractivity contribution in [3.05, 3.63) is 35.5 Å². The number of benzene rings is 1. The first kappa shape index (κ1) is 12.6. The van der Waals surface area contributed by atoms with Gasteiger partial charge in [0.25, 0.3) is 0 Å². The van der Waals surface area contributed by atoms with E-state index in [1.807, 2.05) is 20.8 Å². The summed E-state index contributed by atoms with van der Waals surface area (Å²) in [4.78, 5) is 2.35. The van der Waals surface area contributed by atoms with Crippen molar-refractivity contribution in [3.8, 4) is 0 Å². The summed E-state index contributed by atoms with van der Waals surface area (Å²) in [6.07, 6.45) is -4.30. The van der Waals surface area contributed by atoms with Crippen LogP contribution in [0.25, 0.3) is 10.9 Å². The molecule has 0 aliphatic rings. The van der Waals surface area contributed by atoms with E-state index >= 15 is 0 Å². The Morgan fingerprint density at radius 2 is 1.69 bits per heavy atom. The molecule has 4 heteroatoms. The highest BCUT2D eigenvalue weighted by Crippen LogP contribution is 2.31. The normalized spacial score (nSPS) is 11.1. The summed E-state index contributed by atoms with van der Waals surface area (Å²) in [5.41, 5.74) is 0.767. The lowest BCUT2D eigenvalue weighted by molar-refractivity contribution is -0.140. The molecule has 0 amide bonds. The molecule has 0 fully saturated rings. The molecule has 1 aromatic carbocycles. The summed E-state index contributed by atoms with van der Waals surface area (Å²) in [5.74, 6) is 0. The zero-order chi connectivity index (χ0) is 12.3. The first-order valence-corrected chi connectivity index (χ1v) is 5.13. The molecule has 0 spiro atoms. The molecular weight excluding hydrogens is 215 g/mol. The van der Waals surface area contributed by atoms with Crippen LogP contribution in [0, 0.1) is 6.92 Å². The maximum Gasteiger partial charge on any atom is 0.431 e. The van der Waals surface area contributed by atoms with Crippen LogP contribution in [0.2, 0.25) is 0 Å². The van der Waals surface area contributed by atoms with E-state index in [4.69, 9.17) is 0 Å². The zero-order valence-electron chi connectivity index (χ0n) is 9.44. The predicted octanol–water partition coefficient (Wildman–Crippen LogP) is 4.52. The van der Waals surface area contributed by atoms with Gasteiger partial charge < -0.3 is 4.98 Å². The molecule has 88 valence electrons. The van der Waals surface area contributed by atoms with Crippen LogP contribution in [0.4, 0.5) is 13.2 Å². The van der Waals surface area contributed by atoms with E-state index in [1.165, 1.54) is 0 Å². The number of rotatable bonds is 0. The minimum Gasteiger partial charge on any atom is -0.351 e. The van der Waals surface area contributed by atoms with Crippen LogP contribution in [0.3, 0.4) is 0 Å². The molecule has 0 unspecified atom stereocenters. The summed E-state index contributed by atoms with van der Waals surface area (Å²) < 4.78 is 36.9. The molecule has 0 radical (unpaired) electrons. The molecule has 0 saturated heterocycles. The highest BCUT2D eigenvalue weighted by molar-refractivity contribution is 5.81. The van der Waals surface area contributed by atoms with Gasteiger partial charge in [-0.25, -0.2) is 0 Å². The number of nitrogens with one attached hydrogen (secondary N) is 1. The van der Waals surface area contributed by atoms with Gasteiger partial charge >= 0.3 is 6.18 Å². The fourth-order valence-corrected chi connectivity index (χ4v) is 1.39. The van der Waals surface area contributed by atoms with Crippen molar-refractivity contribution in [1.29, 1.82) is 0 Å². The Bertz CT molecular complexity index is 469. The molecule has 1 heterocycles. The Balaban J connectivity index is 0.000000606. The third-order valence-electron chi connectivity index (χ3n) is 2.08. The minimum absolute atomic E-state index is 0.525. The quantitative estimate of drug-likeness (QED) is 0.683. The van der Waals surface area contributed by atoms with E-state index in [-0.39, 0.29) is 0 Å². The van der Waals surface area contributed by atoms with Crippen molar-refractivity contribution >= 4 is 10.9 Å². The minimum atomic E-state index is -4.30. The number of halogens is 3. The molecule has 2 rings (SSSR count). The molecule has 0 aliphatic carbocycles. The zero-order valence-corrected chi connectivity index (χ0v) is 9.44. The molecule has 0 atom stereocenters. The Morgan fingerprint density at radius 1 is 1.06 bits per heavy atom. The Labute approximate surface area is 92.3 Å². The lowest BCUT2D eigenvalue weighted by Crippen LogP contribution is -2.04. The van der Waals surface area contributed by atoms with Gasteiger partial charge in [-0.15, -0.1) is 0 Å². The highest BCUT2D eigenvalue weighted by Gasteiger charge is 2.32. The predicted molar refractivity (Wildman–Crippen MR) is 59.4 cm³/mol. The summed E-state index contributed by atoms with van der Waals surface area (Å²) in [5, 5.41) is 0.586. The fourth-order valence-electron chi connectivity index (χ4n) is 1.39. The van der Waals surface area contributed by atoms with E-state index < -0.39 is 11.9 Å². The second-order valence-corrected chi connectivity index (χ2v) is 3.27. The van der Waals surface area contributed by atoms with Crippen LogP contribution in [-0.2, 0) is 6.18 Å². The van der Waals surface area contributed by atoms with Crippen molar-refractivity contribution in [2.45, 2.75) is 26.9 Å². The summed E-state index contributed by atoms with van der Waals surface area (Å²) in [6.45, 7) is 5.84. The third kappa shape index (κ3) is 2.56. The highest BCUT2D eigenvalue weighted by atomic mass is 19.4. The lowest BCUT2D eigenvalue weighted by atomic mass is 10.2. The van der Waals surface area contributed by atoms with E-state index in [1.54, 1.807) is 18.2 Å². The maximum absolute atomic E-state index is 12.3. The Morgan fingerprint density at radius 3 is 2.25 bits per heavy atom.